The average Bonchev–Trinajstić information content (AvgIpc) is 3.33. The van der Waals surface area contributed by atoms with Crippen molar-refractivity contribution in [2.75, 3.05) is 13.2 Å². The molecule has 370 valence electrons. The van der Waals surface area contributed by atoms with E-state index in [-0.39, 0.29) is 38.0 Å². The van der Waals surface area contributed by atoms with Crippen LogP contribution < -0.4 is 0 Å². The lowest BCUT2D eigenvalue weighted by atomic mass is 10.1. The first-order valence-electron chi connectivity index (χ1n) is 25.8. The lowest BCUT2D eigenvalue weighted by molar-refractivity contribution is -0.166. The maximum atomic E-state index is 12.8. The van der Waals surface area contributed by atoms with Crippen molar-refractivity contribution >= 4 is 17.9 Å². The van der Waals surface area contributed by atoms with Gasteiger partial charge in [-0.3, -0.25) is 14.4 Å². The van der Waals surface area contributed by atoms with Crippen molar-refractivity contribution in [3.63, 3.8) is 0 Å². The summed E-state index contributed by atoms with van der Waals surface area (Å²) in [4.78, 5) is 38.0. The largest absolute Gasteiger partial charge is 0.462 e. The molecule has 0 amide bonds. The van der Waals surface area contributed by atoms with Crippen molar-refractivity contribution in [3.8, 4) is 0 Å². The second kappa shape index (κ2) is 53.4. The summed E-state index contributed by atoms with van der Waals surface area (Å²) in [6.07, 6.45) is 79.1. The smallest absolute Gasteiger partial charge is 0.306 e. The molecule has 0 aromatic rings. The van der Waals surface area contributed by atoms with Crippen LogP contribution in [-0.2, 0) is 28.6 Å². The number of unbranched alkanes of at least 4 members (excludes halogenated alkanes) is 11. The molecule has 6 heteroatoms. The Balaban J connectivity index is 4.67. The molecule has 1 atom stereocenters. The molecule has 0 aliphatic heterocycles. The Morgan fingerprint density at radius 2 is 0.687 bits per heavy atom. The van der Waals surface area contributed by atoms with Gasteiger partial charge < -0.3 is 14.2 Å². The molecule has 0 saturated heterocycles. The van der Waals surface area contributed by atoms with Gasteiger partial charge in [0.15, 0.2) is 6.10 Å². The van der Waals surface area contributed by atoms with Gasteiger partial charge in [0.1, 0.15) is 13.2 Å². The Kier molecular flexibility index (Phi) is 49.2. The van der Waals surface area contributed by atoms with Gasteiger partial charge in [0.05, 0.1) is 0 Å². The van der Waals surface area contributed by atoms with E-state index < -0.39 is 12.1 Å². The number of carbonyl (C=O) groups is 3. The minimum Gasteiger partial charge on any atom is -0.462 e. The second-order valence-electron chi connectivity index (χ2n) is 16.2. The van der Waals surface area contributed by atoms with Crippen molar-refractivity contribution in [1.82, 2.24) is 0 Å². The molecule has 0 fully saturated rings. The summed E-state index contributed by atoms with van der Waals surface area (Å²) in [7, 11) is 0. The summed E-state index contributed by atoms with van der Waals surface area (Å²) in [6.45, 7) is 6.18. The van der Waals surface area contributed by atoms with Crippen molar-refractivity contribution in [1.29, 1.82) is 0 Å². The fourth-order valence-corrected chi connectivity index (χ4v) is 6.11. The van der Waals surface area contributed by atoms with Crippen molar-refractivity contribution < 1.29 is 28.6 Å². The molecule has 0 aliphatic rings. The molecule has 0 rings (SSSR count). The zero-order valence-electron chi connectivity index (χ0n) is 42.1. The third-order valence-corrected chi connectivity index (χ3v) is 9.92. The zero-order chi connectivity index (χ0) is 48.6. The van der Waals surface area contributed by atoms with Gasteiger partial charge >= 0.3 is 17.9 Å². The molecule has 1 unspecified atom stereocenters. The fraction of sp³-hybridized carbons (Fsp3) is 0.492. The van der Waals surface area contributed by atoms with Crippen LogP contribution in [0.2, 0.25) is 0 Å². The van der Waals surface area contributed by atoms with Gasteiger partial charge in [-0.25, -0.2) is 0 Å². The first kappa shape index (κ1) is 61.8. The van der Waals surface area contributed by atoms with Crippen molar-refractivity contribution in [3.05, 3.63) is 170 Å². The third kappa shape index (κ3) is 51.6. The Hall–Kier alpha value is -5.23. The van der Waals surface area contributed by atoms with Gasteiger partial charge in [0.25, 0.3) is 0 Å². The number of rotatable bonds is 43. The van der Waals surface area contributed by atoms with Crippen LogP contribution in [0.3, 0.4) is 0 Å². The molecule has 0 radical (unpaired) electrons. The Morgan fingerprint density at radius 3 is 1.13 bits per heavy atom. The SMILES string of the molecule is CC\C=C/C=C\C=C/C=C\C=C/CCCCCC(=O)OCC(COC(=O)CCCCCCC\C=C/C=C\C=C/C=C\CCCCC)OC(=O)CC/C=C\C/C=C\C/C=C\C/C=C\C/C=C\CC. The van der Waals surface area contributed by atoms with Crippen LogP contribution in [0, 0.1) is 0 Å². The molecule has 0 N–H and O–H groups in total. The zero-order valence-corrected chi connectivity index (χ0v) is 42.1. The summed E-state index contributed by atoms with van der Waals surface area (Å²) in [5.41, 5.74) is 0. The molecule has 0 saturated carbocycles. The van der Waals surface area contributed by atoms with Gasteiger partial charge in [0, 0.05) is 19.3 Å². The lowest BCUT2D eigenvalue weighted by Crippen LogP contribution is -2.30. The lowest BCUT2D eigenvalue weighted by Gasteiger charge is -2.18. The minimum atomic E-state index is -0.855. The highest BCUT2D eigenvalue weighted by Crippen LogP contribution is 2.11. The number of esters is 3. The van der Waals surface area contributed by atoms with Gasteiger partial charge in [-0.05, 0) is 96.3 Å². The molecule has 67 heavy (non-hydrogen) atoms. The predicted octanol–water partition coefficient (Wildman–Crippen LogP) is 17.2. The first-order chi connectivity index (χ1) is 33.0. The normalized spacial score (nSPS) is 13.5. The number of allylic oxidation sites excluding steroid dienone is 28. The summed E-state index contributed by atoms with van der Waals surface area (Å²) in [5.74, 6) is -1.11. The molecular formula is C61H90O6. The summed E-state index contributed by atoms with van der Waals surface area (Å²) < 4.78 is 16.7. The van der Waals surface area contributed by atoms with Crippen LogP contribution in [0.25, 0.3) is 0 Å². The van der Waals surface area contributed by atoms with Crippen molar-refractivity contribution in [2.24, 2.45) is 0 Å². The van der Waals surface area contributed by atoms with Gasteiger partial charge in [-0.2, -0.15) is 0 Å². The van der Waals surface area contributed by atoms with Crippen LogP contribution in [-0.4, -0.2) is 37.2 Å². The summed E-state index contributed by atoms with van der Waals surface area (Å²) in [6, 6.07) is 0. The molecule has 0 heterocycles. The van der Waals surface area contributed by atoms with Crippen LogP contribution in [0.1, 0.15) is 175 Å². The maximum absolute atomic E-state index is 12.8. The predicted molar refractivity (Wildman–Crippen MR) is 288 cm³/mol. The minimum absolute atomic E-state index is 0.143. The number of hydrogen-bond acceptors (Lipinski definition) is 6. The molecule has 6 nitrogen and oxygen atoms in total. The third-order valence-electron chi connectivity index (χ3n) is 9.92. The quantitative estimate of drug-likeness (QED) is 0.0199. The molecular weight excluding hydrogens is 829 g/mol. The molecule has 0 aromatic carbocycles. The highest BCUT2D eigenvalue weighted by atomic mass is 16.6. The van der Waals surface area contributed by atoms with Gasteiger partial charge in [-0.15, -0.1) is 0 Å². The average molecular weight is 919 g/mol. The van der Waals surface area contributed by atoms with E-state index in [1.807, 2.05) is 60.8 Å². The van der Waals surface area contributed by atoms with E-state index in [0.717, 1.165) is 103 Å². The Labute approximate surface area is 409 Å². The number of carbonyl (C=O) groups excluding carboxylic acids is 3. The second-order valence-corrected chi connectivity index (χ2v) is 16.2. The Morgan fingerprint density at radius 1 is 0.328 bits per heavy atom. The van der Waals surface area contributed by atoms with E-state index in [4.69, 9.17) is 14.2 Å². The molecule has 0 aliphatic carbocycles. The summed E-state index contributed by atoms with van der Waals surface area (Å²) >= 11 is 0. The van der Waals surface area contributed by atoms with Crippen LogP contribution in [0.15, 0.2) is 170 Å². The van der Waals surface area contributed by atoms with E-state index in [0.29, 0.717) is 19.3 Å². The molecule has 0 spiro atoms. The number of hydrogen-bond donors (Lipinski definition) is 0. The van der Waals surface area contributed by atoms with E-state index in [1.54, 1.807) is 0 Å². The fourth-order valence-electron chi connectivity index (χ4n) is 6.11. The van der Waals surface area contributed by atoms with E-state index in [9.17, 15) is 14.4 Å². The van der Waals surface area contributed by atoms with Gasteiger partial charge in [0.2, 0.25) is 0 Å². The topological polar surface area (TPSA) is 78.9 Å². The monoisotopic (exact) mass is 919 g/mol. The molecule has 0 bridgehead atoms. The van der Waals surface area contributed by atoms with Crippen LogP contribution in [0.4, 0.5) is 0 Å². The standard InChI is InChI=1S/C61H90O6/c1-4-7-10-13-16-19-22-25-28-30-31-34-36-39-42-45-48-51-54-60(63)66-57-58(56-65-59(62)53-50-47-44-41-38-35-32-27-24-21-18-15-12-9-6-3)67-61(64)55-52-49-46-43-40-37-33-29-26-23-20-17-14-11-8-5-2/h8-9,11-12,15-22,24-32,34-35,37-38,40,46,49,58H,4-7,10,13-14,23,33,36,39,41-45,47-48,50-57H2,1-3H3/b11-8-,12-9-,18-15-,19-16-,20-17-,24-21-,25-22-,29-26-,30-28-,32-27-,34-31-,38-35-,40-37-,49-46-. The number of ether oxygens (including phenoxy) is 3. The van der Waals surface area contributed by atoms with E-state index >= 15 is 0 Å². The first-order valence-corrected chi connectivity index (χ1v) is 25.8. The maximum Gasteiger partial charge on any atom is 0.306 e. The van der Waals surface area contributed by atoms with E-state index in [1.165, 1.54) is 19.3 Å². The van der Waals surface area contributed by atoms with Crippen LogP contribution in [0.5, 0.6) is 0 Å². The highest BCUT2D eigenvalue weighted by molar-refractivity contribution is 5.71. The van der Waals surface area contributed by atoms with Crippen LogP contribution >= 0.6 is 0 Å². The summed E-state index contributed by atoms with van der Waals surface area (Å²) in [5, 5.41) is 0. The van der Waals surface area contributed by atoms with Crippen molar-refractivity contribution in [2.45, 2.75) is 181 Å². The molecule has 0 aromatic heterocycles. The van der Waals surface area contributed by atoms with Gasteiger partial charge in [-0.1, -0.05) is 229 Å². The highest BCUT2D eigenvalue weighted by Gasteiger charge is 2.19. The Bertz CT molecular complexity index is 1620. The van der Waals surface area contributed by atoms with E-state index in [2.05, 4.69) is 130 Å².